The normalized spacial score (nSPS) is 14.4. The van der Waals surface area contributed by atoms with Crippen LogP contribution in [-0.2, 0) is 10.0 Å². The van der Waals surface area contributed by atoms with E-state index in [1.807, 2.05) is 13.8 Å². The summed E-state index contributed by atoms with van der Waals surface area (Å²) in [6.07, 6.45) is 3.77. The summed E-state index contributed by atoms with van der Waals surface area (Å²) < 4.78 is 33.1. The number of benzene rings is 2. The third kappa shape index (κ3) is 5.59. The minimum Gasteiger partial charge on any atom is -0.492 e. The van der Waals surface area contributed by atoms with E-state index in [1.165, 1.54) is 12.1 Å². The highest BCUT2D eigenvalue weighted by molar-refractivity contribution is 7.89. The van der Waals surface area contributed by atoms with Crippen molar-refractivity contribution in [2.24, 2.45) is 0 Å². The van der Waals surface area contributed by atoms with Crippen LogP contribution in [0.25, 0.3) is 0 Å². The summed E-state index contributed by atoms with van der Waals surface area (Å²) in [6.45, 7) is 4.08. The topological polar surface area (TPSA) is 105 Å². The van der Waals surface area contributed by atoms with Crippen molar-refractivity contribution in [3.05, 3.63) is 54.1 Å². The number of sulfonamides is 1. The summed E-state index contributed by atoms with van der Waals surface area (Å²) in [4.78, 5) is 25.7. The van der Waals surface area contributed by atoms with Crippen LogP contribution >= 0.6 is 0 Å². The van der Waals surface area contributed by atoms with E-state index in [4.69, 9.17) is 4.74 Å². The van der Waals surface area contributed by atoms with Crippen molar-refractivity contribution in [3.8, 4) is 5.75 Å². The zero-order chi connectivity index (χ0) is 23.1. The number of imide groups is 1. The number of ether oxygens (including phenoxy) is 1. The molecule has 0 atom stereocenters. The van der Waals surface area contributed by atoms with Crippen molar-refractivity contribution in [2.75, 3.05) is 11.9 Å². The van der Waals surface area contributed by atoms with Gasteiger partial charge in [-0.15, -0.1) is 0 Å². The average molecular weight is 460 g/mol. The number of amides is 4. The lowest BCUT2D eigenvalue weighted by Gasteiger charge is -2.33. The molecular weight excluding hydrogens is 430 g/mol. The number of hydrogen-bond donors (Lipinski definition) is 2. The van der Waals surface area contributed by atoms with Crippen molar-refractivity contribution in [1.82, 2.24) is 9.62 Å². The second-order valence-electron chi connectivity index (χ2n) is 7.72. The predicted octanol–water partition coefficient (Wildman–Crippen LogP) is 4.66. The highest BCUT2D eigenvalue weighted by Gasteiger charge is 2.37. The highest BCUT2D eigenvalue weighted by Crippen LogP contribution is 2.28. The first-order chi connectivity index (χ1) is 15.3. The van der Waals surface area contributed by atoms with E-state index >= 15 is 0 Å². The fourth-order valence-corrected chi connectivity index (χ4v) is 5.34. The van der Waals surface area contributed by atoms with Gasteiger partial charge in [-0.1, -0.05) is 49.1 Å². The number of para-hydroxylation sites is 2. The van der Waals surface area contributed by atoms with Gasteiger partial charge in [0.2, 0.25) is 0 Å². The van der Waals surface area contributed by atoms with Crippen LogP contribution in [0.5, 0.6) is 5.75 Å². The van der Waals surface area contributed by atoms with Crippen LogP contribution in [0.1, 0.15) is 44.6 Å². The van der Waals surface area contributed by atoms with E-state index in [1.54, 1.807) is 36.4 Å². The maximum absolute atomic E-state index is 13.4. The monoisotopic (exact) mass is 459 g/mol. The SMILES string of the molecule is CCOc1ccccc1NC(=O)NC(=O)N(C1CCCCC1)S(=O)(=O)c1ccc(C)cc1. The van der Waals surface area contributed by atoms with Crippen LogP contribution in [0.3, 0.4) is 0 Å². The van der Waals surface area contributed by atoms with Crippen LogP contribution in [-0.4, -0.2) is 37.4 Å². The lowest BCUT2D eigenvalue weighted by molar-refractivity contribution is 0.199. The number of carbonyl (C=O) groups excluding carboxylic acids is 2. The number of urea groups is 2. The Balaban J connectivity index is 1.83. The summed E-state index contributed by atoms with van der Waals surface area (Å²) in [6, 6.07) is 10.8. The second-order valence-corrected chi connectivity index (χ2v) is 9.53. The van der Waals surface area contributed by atoms with E-state index in [0.29, 0.717) is 30.9 Å². The summed E-state index contributed by atoms with van der Waals surface area (Å²) in [7, 11) is -4.14. The molecule has 1 fully saturated rings. The Bertz CT molecular complexity index is 1050. The molecule has 9 heteroatoms. The van der Waals surface area contributed by atoms with Crippen LogP contribution in [0.2, 0.25) is 0 Å². The second kappa shape index (κ2) is 10.5. The maximum atomic E-state index is 13.4. The summed E-state index contributed by atoms with van der Waals surface area (Å²) in [5, 5.41) is 4.75. The van der Waals surface area contributed by atoms with Gasteiger partial charge in [0.15, 0.2) is 0 Å². The van der Waals surface area contributed by atoms with Gasteiger partial charge in [0.25, 0.3) is 10.0 Å². The van der Waals surface area contributed by atoms with Crippen LogP contribution in [0, 0.1) is 6.92 Å². The van der Waals surface area contributed by atoms with Gasteiger partial charge in [-0.3, -0.25) is 5.32 Å². The minimum atomic E-state index is -4.14. The molecule has 0 bridgehead atoms. The van der Waals surface area contributed by atoms with Crippen molar-refractivity contribution >= 4 is 27.8 Å². The number of aryl methyl sites for hydroxylation is 1. The third-order valence-electron chi connectivity index (χ3n) is 5.34. The Morgan fingerprint density at radius 1 is 1.03 bits per heavy atom. The van der Waals surface area contributed by atoms with Gasteiger partial charge in [0.1, 0.15) is 5.75 Å². The molecule has 2 aromatic rings. The molecule has 0 saturated heterocycles. The highest BCUT2D eigenvalue weighted by atomic mass is 32.2. The van der Waals surface area contributed by atoms with E-state index in [0.717, 1.165) is 29.1 Å². The molecular formula is C23H29N3O5S. The van der Waals surface area contributed by atoms with Gasteiger partial charge in [0, 0.05) is 0 Å². The summed E-state index contributed by atoms with van der Waals surface area (Å²) in [5.41, 5.74) is 1.29. The first-order valence-corrected chi connectivity index (χ1v) is 12.2. The number of hydrogen-bond acceptors (Lipinski definition) is 5. The number of nitrogens with zero attached hydrogens (tertiary/aromatic N) is 1. The molecule has 2 aromatic carbocycles. The Kier molecular flexibility index (Phi) is 7.74. The number of nitrogens with one attached hydrogen (secondary N) is 2. The quantitative estimate of drug-likeness (QED) is 0.654. The molecule has 1 saturated carbocycles. The van der Waals surface area contributed by atoms with E-state index in [9.17, 15) is 18.0 Å². The molecule has 3 rings (SSSR count). The maximum Gasteiger partial charge on any atom is 0.339 e. The smallest absolute Gasteiger partial charge is 0.339 e. The third-order valence-corrected chi connectivity index (χ3v) is 7.19. The van der Waals surface area contributed by atoms with E-state index in [2.05, 4.69) is 10.6 Å². The standard InChI is InChI=1S/C23H29N3O5S/c1-3-31-21-12-8-7-11-20(21)24-22(27)25-23(28)26(18-9-5-4-6-10-18)32(29,30)19-15-13-17(2)14-16-19/h7-8,11-16,18H,3-6,9-10H2,1-2H3,(H2,24,25,27,28). The van der Waals surface area contributed by atoms with Gasteiger partial charge >= 0.3 is 12.1 Å². The molecule has 8 nitrogen and oxygen atoms in total. The van der Waals surface area contributed by atoms with Crippen molar-refractivity contribution < 1.29 is 22.7 Å². The summed E-state index contributed by atoms with van der Waals surface area (Å²) >= 11 is 0. The minimum absolute atomic E-state index is 0.0194. The first-order valence-electron chi connectivity index (χ1n) is 10.8. The zero-order valence-corrected chi connectivity index (χ0v) is 19.2. The van der Waals surface area contributed by atoms with Crippen LogP contribution < -0.4 is 15.4 Å². The average Bonchev–Trinajstić information content (AvgIpc) is 2.76. The molecule has 1 aliphatic rings. The Morgan fingerprint density at radius 3 is 2.34 bits per heavy atom. The van der Waals surface area contributed by atoms with Gasteiger partial charge in [-0.2, -0.15) is 0 Å². The molecule has 1 aliphatic carbocycles. The first kappa shape index (κ1) is 23.6. The van der Waals surface area contributed by atoms with Gasteiger partial charge in [-0.25, -0.2) is 22.3 Å². The van der Waals surface area contributed by atoms with Crippen LogP contribution in [0.15, 0.2) is 53.4 Å². The lowest BCUT2D eigenvalue weighted by atomic mass is 9.96. The Hall–Kier alpha value is -3.07. The van der Waals surface area contributed by atoms with Crippen molar-refractivity contribution in [2.45, 2.75) is 56.9 Å². The largest absolute Gasteiger partial charge is 0.492 e. The Labute approximate surface area is 189 Å². The van der Waals surface area contributed by atoms with E-state index in [-0.39, 0.29) is 4.90 Å². The molecule has 2 N–H and O–H groups in total. The molecule has 32 heavy (non-hydrogen) atoms. The number of carbonyl (C=O) groups is 2. The summed E-state index contributed by atoms with van der Waals surface area (Å²) in [5.74, 6) is 0.453. The molecule has 0 radical (unpaired) electrons. The van der Waals surface area contributed by atoms with Gasteiger partial charge < -0.3 is 10.1 Å². The van der Waals surface area contributed by atoms with Gasteiger partial charge in [0.05, 0.1) is 23.2 Å². The predicted molar refractivity (Wildman–Crippen MR) is 122 cm³/mol. The fraction of sp³-hybridized carbons (Fsp3) is 0.391. The van der Waals surface area contributed by atoms with Crippen molar-refractivity contribution in [3.63, 3.8) is 0 Å². The van der Waals surface area contributed by atoms with Crippen molar-refractivity contribution in [1.29, 1.82) is 0 Å². The van der Waals surface area contributed by atoms with Gasteiger partial charge in [-0.05, 0) is 51.0 Å². The molecule has 0 heterocycles. The zero-order valence-electron chi connectivity index (χ0n) is 18.3. The molecule has 0 spiro atoms. The number of rotatable bonds is 6. The van der Waals surface area contributed by atoms with Crippen LogP contribution in [0.4, 0.5) is 15.3 Å². The molecule has 0 aliphatic heterocycles. The molecule has 0 aromatic heterocycles. The molecule has 172 valence electrons. The fourth-order valence-electron chi connectivity index (χ4n) is 3.77. The molecule has 0 unspecified atom stereocenters. The lowest BCUT2D eigenvalue weighted by Crippen LogP contribution is -2.52. The van der Waals surface area contributed by atoms with E-state index < -0.39 is 28.1 Å². The number of anilines is 1. The Morgan fingerprint density at radius 2 is 1.69 bits per heavy atom. The molecule has 4 amide bonds.